The highest BCUT2D eigenvalue weighted by Gasteiger charge is 1.88. The van der Waals surface area contributed by atoms with Gasteiger partial charge in [-0.25, -0.2) is 0 Å². The average molecular weight is 177 g/mol. The van der Waals surface area contributed by atoms with Crippen LogP contribution in [0.25, 0.3) is 0 Å². The first-order valence-electron chi connectivity index (χ1n) is 4.32. The molecule has 0 saturated carbocycles. The zero-order valence-corrected chi connectivity index (χ0v) is 8.08. The topological polar surface area (TPSA) is 21.3 Å². The summed E-state index contributed by atoms with van der Waals surface area (Å²) in [5, 5.41) is 0. The fourth-order valence-corrected chi connectivity index (χ4v) is 1.15. The van der Waals surface area contributed by atoms with Gasteiger partial charge in [-0.3, -0.25) is 10.3 Å². The zero-order valence-electron chi connectivity index (χ0n) is 8.08. The predicted octanol–water partition coefficient (Wildman–Crippen LogP) is 2.20. The minimum Gasteiger partial charge on any atom is -0.280 e. The third-order valence-corrected chi connectivity index (χ3v) is 1.74. The third-order valence-electron chi connectivity index (χ3n) is 1.74. The van der Waals surface area contributed by atoms with Crippen LogP contribution in [0.3, 0.4) is 0 Å². The van der Waals surface area contributed by atoms with Gasteiger partial charge in [-0.15, -0.1) is 0 Å². The van der Waals surface area contributed by atoms with Gasteiger partial charge in [-0.2, -0.15) is 0 Å². The van der Waals surface area contributed by atoms with Crippen molar-refractivity contribution in [3.8, 4) is 0 Å². The summed E-state index contributed by atoms with van der Waals surface area (Å²) >= 11 is 0. The minimum atomic E-state index is 0.929. The molecular formula is C11H15NO. The Kier molecular flexibility index (Phi) is 4.06. The van der Waals surface area contributed by atoms with E-state index in [1.807, 2.05) is 6.08 Å². The Morgan fingerprint density at radius 3 is 3.00 bits per heavy atom. The highest BCUT2D eigenvalue weighted by atomic mass is 16.6. The van der Waals surface area contributed by atoms with Gasteiger partial charge in [0, 0.05) is 6.20 Å². The standard InChI is InChI=1S/C11H15NO/c1-10-5-3-6-11(9-10)7-4-8-12-13-2/h3-6,8-9,12H,7H2,1-2H3/b8-4+. The molecule has 0 bridgehead atoms. The summed E-state index contributed by atoms with van der Waals surface area (Å²) in [6.45, 7) is 2.10. The van der Waals surface area contributed by atoms with Crippen LogP contribution in [0.1, 0.15) is 11.1 Å². The molecule has 13 heavy (non-hydrogen) atoms. The highest BCUT2D eigenvalue weighted by molar-refractivity contribution is 5.23. The van der Waals surface area contributed by atoms with Crippen molar-refractivity contribution >= 4 is 0 Å². The molecule has 1 aromatic rings. The average Bonchev–Trinajstić information content (AvgIpc) is 2.13. The number of rotatable bonds is 4. The van der Waals surface area contributed by atoms with Crippen molar-refractivity contribution in [3.05, 3.63) is 47.7 Å². The van der Waals surface area contributed by atoms with Gasteiger partial charge in [0.1, 0.15) is 0 Å². The van der Waals surface area contributed by atoms with Gasteiger partial charge in [-0.1, -0.05) is 35.9 Å². The maximum absolute atomic E-state index is 4.67. The molecule has 0 saturated heterocycles. The molecule has 0 atom stereocenters. The van der Waals surface area contributed by atoms with Crippen molar-refractivity contribution in [2.24, 2.45) is 0 Å². The first-order chi connectivity index (χ1) is 6.33. The highest BCUT2D eigenvalue weighted by Crippen LogP contribution is 2.04. The van der Waals surface area contributed by atoms with Crippen molar-refractivity contribution < 1.29 is 4.84 Å². The number of hydrogen-bond acceptors (Lipinski definition) is 2. The second kappa shape index (κ2) is 5.38. The number of nitrogens with one attached hydrogen (secondary N) is 1. The Morgan fingerprint density at radius 2 is 2.31 bits per heavy atom. The summed E-state index contributed by atoms with van der Waals surface area (Å²) in [4.78, 5) is 4.67. The molecule has 0 fully saturated rings. The molecular weight excluding hydrogens is 162 g/mol. The van der Waals surface area contributed by atoms with E-state index in [0.29, 0.717) is 0 Å². The van der Waals surface area contributed by atoms with Crippen LogP contribution >= 0.6 is 0 Å². The molecule has 1 N–H and O–H groups in total. The first kappa shape index (κ1) is 9.81. The molecule has 0 aliphatic carbocycles. The molecule has 0 aromatic heterocycles. The molecule has 0 heterocycles. The van der Waals surface area contributed by atoms with Crippen molar-refractivity contribution in [2.75, 3.05) is 7.11 Å². The van der Waals surface area contributed by atoms with Crippen LogP contribution in [0.15, 0.2) is 36.5 Å². The van der Waals surface area contributed by atoms with Gasteiger partial charge in [0.2, 0.25) is 0 Å². The van der Waals surface area contributed by atoms with Gasteiger partial charge >= 0.3 is 0 Å². The maximum atomic E-state index is 4.67. The Labute approximate surface area is 79.2 Å². The van der Waals surface area contributed by atoms with E-state index in [4.69, 9.17) is 0 Å². The normalized spacial score (nSPS) is 10.6. The van der Waals surface area contributed by atoms with Crippen LogP contribution in [-0.4, -0.2) is 7.11 Å². The number of hydroxylamine groups is 1. The molecule has 1 rings (SSSR count). The van der Waals surface area contributed by atoms with Crippen LogP contribution in [0.4, 0.5) is 0 Å². The Hall–Kier alpha value is -1.28. The molecule has 1 aromatic carbocycles. The monoisotopic (exact) mass is 177 g/mol. The summed E-state index contributed by atoms with van der Waals surface area (Å²) in [6.07, 6.45) is 4.75. The van der Waals surface area contributed by atoms with E-state index in [1.54, 1.807) is 13.3 Å². The van der Waals surface area contributed by atoms with Crippen molar-refractivity contribution in [3.63, 3.8) is 0 Å². The second-order valence-corrected chi connectivity index (χ2v) is 2.92. The molecule has 0 aliphatic rings. The van der Waals surface area contributed by atoms with E-state index in [-0.39, 0.29) is 0 Å². The second-order valence-electron chi connectivity index (χ2n) is 2.92. The van der Waals surface area contributed by atoms with E-state index >= 15 is 0 Å². The van der Waals surface area contributed by atoms with E-state index in [1.165, 1.54) is 11.1 Å². The van der Waals surface area contributed by atoms with E-state index < -0.39 is 0 Å². The predicted molar refractivity (Wildman–Crippen MR) is 54.2 cm³/mol. The lowest BCUT2D eigenvalue weighted by molar-refractivity contribution is 0.128. The van der Waals surface area contributed by atoms with E-state index in [2.05, 4.69) is 41.5 Å². The number of benzene rings is 1. The lowest BCUT2D eigenvalue weighted by Crippen LogP contribution is -2.00. The molecule has 70 valence electrons. The van der Waals surface area contributed by atoms with Crippen LogP contribution < -0.4 is 5.48 Å². The van der Waals surface area contributed by atoms with Crippen LogP contribution in [-0.2, 0) is 11.3 Å². The summed E-state index contributed by atoms with van der Waals surface area (Å²) in [5.74, 6) is 0. The van der Waals surface area contributed by atoms with Crippen LogP contribution in [0, 0.1) is 6.92 Å². The van der Waals surface area contributed by atoms with Gasteiger partial charge in [-0.05, 0) is 18.9 Å². The molecule has 2 nitrogen and oxygen atoms in total. The fraction of sp³-hybridized carbons (Fsp3) is 0.273. The number of hydrogen-bond donors (Lipinski definition) is 1. The summed E-state index contributed by atoms with van der Waals surface area (Å²) in [7, 11) is 1.59. The van der Waals surface area contributed by atoms with Gasteiger partial charge in [0.25, 0.3) is 0 Å². The van der Waals surface area contributed by atoms with Gasteiger partial charge < -0.3 is 0 Å². The molecule has 0 radical (unpaired) electrons. The van der Waals surface area contributed by atoms with Crippen molar-refractivity contribution in [1.82, 2.24) is 5.48 Å². The SMILES string of the molecule is CON/C=C/Cc1cccc(C)c1. The third kappa shape index (κ3) is 3.76. The van der Waals surface area contributed by atoms with E-state index in [0.717, 1.165) is 6.42 Å². The van der Waals surface area contributed by atoms with Gasteiger partial charge in [0.15, 0.2) is 0 Å². The lowest BCUT2D eigenvalue weighted by Gasteiger charge is -1.98. The van der Waals surface area contributed by atoms with Crippen molar-refractivity contribution in [1.29, 1.82) is 0 Å². The Bertz CT molecular complexity index is 281. The first-order valence-corrected chi connectivity index (χ1v) is 4.32. The van der Waals surface area contributed by atoms with Gasteiger partial charge in [0.05, 0.1) is 7.11 Å². The van der Waals surface area contributed by atoms with Crippen LogP contribution in [0.5, 0.6) is 0 Å². The largest absolute Gasteiger partial charge is 0.280 e. The smallest absolute Gasteiger partial charge is 0.0636 e. The summed E-state index contributed by atoms with van der Waals surface area (Å²) in [6, 6.07) is 8.46. The number of aryl methyl sites for hydroxylation is 1. The Balaban J connectivity index is 2.45. The van der Waals surface area contributed by atoms with E-state index in [9.17, 15) is 0 Å². The zero-order chi connectivity index (χ0) is 9.52. The molecule has 0 unspecified atom stereocenters. The Morgan fingerprint density at radius 1 is 1.46 bits per heavy atom. The molecule has 2 heteroatoms. The molecule has 0 spiro atoms. The molecule has 0 aliphatic heterocycles. The lowest BCUT2D eigenvalue weighted by atomic mass is 10.1. The quantitative estimate of drug-likeness (QED) is 0.712. The van der Waals surface area contributed by atoms with Crippen molar-refractivity contribution in [2.45, 2.75) is 13.3 Å². The fourth-order valence-electron chi connectivity index (χ4n) is 1.15. The van der Waals surface area contributed by atoms with Crippen LogP contribution in [0.2, 0.25) is 0 Å². The summed E-state index contributed by atoms with van der Waals surface area (Å²) in [5.41, 5.74) is 5.26. The molecule has 0 amide bonds. The summed E-state index contributed by atoms with van der Waals surface area (Å²) < 4.78 is 0. The maximum Gasteiger partial charge on any atom is 0.0636 e. The number of allylic oxidation sites excluding steroid dienone is 1. The minimum absolute atomic E-state index is 0.929.